The van der Waals surface area contributed by atoms with Crippen molar-refractivity contribution in [2.45, 2.75) is 56.7 Å². The van der Waals surface area contributed by atoms with Gasteiger partial charge in [0.1, 0.15) is 6.04 Å². The van der Waals surface area contributed by atoms with E-state index in [1.165, 1.54) is 5.56 Å². The number of rotatable bonds is 10. The first-order chi connectivity index (χ1) is 19.6. The average molecular weight is 568 g/mol. The van der Waals surface area contributed by atoms with Gasteiger partial charge in [0.2, 0.25) is 23.6 Å². The van der Waals surface area contributed by atoms with E-state index >= 15 is 0 Å². The minimum atomic E-state index is -2.68. The Balaban J connectivity index is 1.31. The van der Waals surface area contributed by atoms with Crippen LogP contribution in [0.4, 0.5) is 14.5 Å². The van der Waals surface area contributed by atoms with E-state index in [1.807, 2.05) is 18.2 Å². The van der Waals surface area contributed by atoms with Gasteiger partial charge >= 0.3 is 0 Å². The lowest BCUT2D eigenvalue weighted by Gasteiger charge is -2.36. The van der Waals surface area contributed by atoms with Gasteiger partial charge in [-0.1, -0.05) is 49.0 Å². The number of nitrogens with zero attached hydrogens (tertiary/aromatic N) is 2. The molecule has 1 aliphatic heterocycles. The average Bonchev–Trinajstić information content (AvgIpc) is 2.98. The minimum absolute atomic E-state index is 0.152. The molecule has 2 aromatic rings. The van der Waals surface area contributed by atoms with Crippen molar-refractivity contribution >= 4 is 23.4 Å². The van der Waals surface area contributed by atoms with Crippen molar-refractivity contribution in [2.75, 3.05) is 31.5 Å². The molecule has 2 unspecified atom stereocenters. The summed E-state index contributed by atoms with van der Waals surface area (Å²) in [5.74, 6) is -3.95. The summed E-state index contributed by atoms with van der Waals surface area (Å²) in [6.07, 6.45) is 1.35. The number of carbonyl (C=O) groups excluding carboxylic acids is 3. The molecular weight excluding hydrogens is 528 g/mol. The van der Waals surface area contributed by atoms with Gasteiger partial charge in [-0.15, -0.1) is 0 Å². The number of alkyl halides is 2. The van der Waals surface area contributed by atoms with Crippen LogP contribution in [0.3, 0.4) is 0 Å². The number of hydrogen-bond donors (Lipinski definition) is 3. The summed E-state index contributed by atoms with van der Waals surface area (Å²) in [6.45, 7) is 6.94. The van der Waals surface area contributed by atoms with Gasteiger partial charge in [-0.3, -0.25) is 19.3 Å². The second-order valence-electron chi connectivity index (χ2n) is 11.0. The second-order valence-corrected chi connectivity index (χ2v) is 11.0. The molecule has 2 atom stereocenters. The predicted octanol–water partition coefficient (Wildman–Crippen LogP) is 3.34. The number of hydrogen-bond acceptors (Lipinski definition) is 5. The molecule has 2 fully saturated rings. The van der Waals surface area contributed by atoms with Crippen molar-refractivity contribution < 1.29 is 23.2 Å². The molecule has 41 heavy (non-hydrogen) atoms. The van der Waals surface area contributed by atoms with Gasteiger partial charge in [0.25, 0.3) is 0 Å². The third-order valence-corrected chi connectivity index (χ3v) is 7.97. The molecule has 220 valence electrons. The zero-order chi connectivity index (χ0) is 29.4. The predicted molar refractivity (Wildman–Crippen MR) is 154 cm³/mol. The van der Waals surface area contributed by atoms with Gasteiger partial charge in [0, 0.05) is 57.7 Å². The normalized spacial score (nSPS) is 19.1. The molecule has 1 saturated heterocycles. The van der Waals surface area contributed by atoms with Gasteiger partial charge < -0.3 is 21.3 Å². The summed E-state index contributed by atoms with van der Waals surface area (Å²) < 4.78 is 26.9. The van der Waals surface area contributed by atoms with E-state index in [2.05, 4.69) is 34.2 Å². The van der Waals surface area contributed by atoms with Crippen LogP contribution in [-0.2, 0) is 27.3 Å². The summed E-state index contributed by atoms with van der Waals surface area (Å²) in [4.78, 5) is 42.3. The van der Waals surface area contributed by atoms with Gasteiger partial charge in [0.05, 0.1) is 6.04 Å². The minimum Gasteiger partial charge on any atom is -0.340 e. The zero-order valence-electron chi connectivity index (χ0n) is 23.2. The number of nitrogens with two attached hydrogens (primary N) is 1. The topological polar surface area (TPSA) is 108 Å². The third kappa shape index (κ3) is 8.68. The maximum Gasteiger partial charge on any atom is 0.248 e. The molecule has 0 aromatic heterocycles. The lowest BCUT2D eigenvalue weighted by atomic mass is 9.82. The van der Waals surface area contributed by atoms with Crippen LogP contribution in [0.15, 0.2) is 67.3 Å². The Morgan fingerprint density at radius 3 is 2.22 bits per heavy atom. The van der Waals surface area contributed by atoms with Crippen LogP contribution < -0.4 is 16.4 Å². The van der Waals surface area contributed by atoms with Gasteiger partial charge in [-0.25, -0.2) is 8.78 Å². The van der Waals surface area contributed by atoms with Crippen molar-refractivity contribution in [3.63, 3.8) is 0 Å². The van der Waals surface area contributed by atoms with Crippen LogP contribution >= 0.6 is 0 Å². The molecule has 2 aromatic carbocycles. The van der Waals surface area contributed by atoms with Crippen LogP contribution in [0.25, 0.3) is 0 Å². The smallest absolute Gasteiger partial charge is 0.248 e. The van der Waals surface area contributed by atoms with E-state index in [4.69, 9.17) is 5.73 Å². The molecule has 1 heterocycles. The second kappa shape index (κ2) is 13.8. The highest BCUT2D eigenvalue weighted by Crippen LogP contribution is 2.37. The number of amides is 3. The number of carbonyl (C=O) groups is 3. The van der Waals surface area contributed by atoms with Crippen LogP contribution in [-0.4, -0.2) is 71.7 Å². The highest BCUT2D eigenvalue weighted by molar-refractivity contribution is 5.95. The quantitative estimate of drug-likeness (QED) is 0.382. The van der Waals surface area contributed by atoms with E-state index in [9.17, 15) is 23.2 Å². The molecule has 4 rings (SSSR count). The van der Waals surface area contributed by atoms with Gasteiger partial charge in [-0.2, -0.15) is 0 Å². The van der Waals surface area contributed by atoms with Crippen molar-refractivity contribution in [1.82, 2.24) is 15.1 Å². The van der Waals surface area contributed by atoms with E-state index < -0.39 is 29.8 Å². The van der Waals surface area contributed by atoms with Crippen molar-refractivity contribution in [3.8, 4) is 0 Å². The Morgan fingerprint density at radius 1 is 0.976 bits per heavy atom. The lowest BCUT2D eigenvalue weighted by Crippen LogP contribution is -2.55. The Kier molecular flexibility index (Phi) is 10.2. The SMILES string of the molecule is C=CC(=O)NC(Cc1ccc(NC(=O)C(N)C2CCC(F)(F)CC2)cc1)C(=O)N1CCN(Cc2ccccc2)CC1. The maximum atomic E-state index is 13.5. The summed E-state index contributed by atoms with van der Waals surface area (Å²) in [6, 6.07) is 15.5. The fourth-order valence-corrected chi connectivity index (χ4v) is 5.44. The van der Waals surface area contributed by atoms with E-state index in [-0.39, 0.29) is 43.9 Å². The maximum absolute atomic E-state index is 13.5. The summed E-state index contributed by atoms with van der Waals surface area (Å²) in [7, 11) is 0. The van der Waals surface area contributed by atoms with E-state index in [0.717, 1.165) is 31.3 Å². The molecule has 0 radical (unpaired) electrons. The largest absolute Gasteiger partial charge is 0.340 e. The number of piperazine rings is 1. The Hall–Kier alpha value is -3.63. The molecular formula is C31H39F2N5O3. The third-order valence-electron chi connectivity index (χ3n) is 7.97. The Labute approximate surface area is 239 Å². The van der Waals surface area contributed by atoms with E-state index in [1.54, 1.807) is 29.2 Å². The highest BCUT2D eigenvalue weighted by Gasteiger charge is 2.38. The molecule has 3 amide bonds. The van der Waals surface area contributed by atoms with Crippen LogP contribution in [0.2, 0.25) is 0 Å². The zero-order valence-corrected chi connectivity index (χ0v) is 23.2. The monoisotopic (exact) mass is 567 g/mol. The first kappa shape index (κ1) is 30.3. The molecule has 0 spiro atoms. The Morgan fingerprint density at radius 2 is 1.61 bits per heavy atom. The van der Waals surface area contributed by atoms with Crippen molar-refractivity contribution in [2.24, 2.45) is 11.7 Å². The molecule has 8 nitrogen and oxygen atoms in total. The first-order valence-corrected chi connectivity index (χ1v) is 14.1. The highest BCUT2D eigenvalue weighted by atomic mass is 19.3. The van der Waals surface area contributed by atoms with Crippen molar-refractivity contribution in [1.29, 1.82) is 0 Å². The van der Waals surface area contributed by atoms with Gasteiger partial charge in [-0.05, 0) is 48.1 Å². The molecule has 4 N–H and O–H groups in total. The fraction of sp³-hybridized carbons (Fsp3) is 0.452. The summed E-state index contributed by atoms with van der Waals surface area (Å²) >= 11 is 0. The Bertz CT molecular complexity index is 1190. The molecule has 10 heteroatoms. The molecule has 1 saturated carbocycles. The number of nitrogens with one attached hydrogen (secondary N) is 2. The molecule has 2 aliphatic rings. The van der Waals surface area contributed by atoms with Crippen LogP contribution in [0.5, 0.6) is 0 Å². The fourth-order valence-electron chi connectivity index (χ4n) is 5.44. The standard InChI is InChI=1S/C31H39F2N5O3/c1-2-27(39)36-26(30(41)38-18-16-37(17-19-38)21-23-6-4-3-5-7-23)20-22-8-10-25(11-9-22)35-29(40)28(34)24-12-14-31(32,33)15-13-24/h2-11,24,26,28H,1,12-21,34H2,(H,35,40)(H,36,39). The number of halogens is 2. The summed E-state index contributed by atoms with van der Waals surface area (Å²) in [5.41, 5.74) is 8.63. The van der Waals surface area contributed by atoms with Gasteiger partial charge in [0.15, 0.2) is 0 Å². The molecule has 0 bridgehead atoms. The van der Waals surface area contributed by atoms with Crippen LogP contribution in [0, 0.1) is 5.92 Å². The molecule has 1 aliphatic carbocycles. The van der Waals surface area contributed by atoms with Crippen LogP contribution in [0.1, 0.15) is 36.8 Å². The first-order valence-electron chi connectivity index (χ1n) is 14.1. The number of anilines is 1. The van der Waals surface area contributed by atoms with E-state index in [0.29, 0.717) is 18.8 Å². The lowest BCUT2D eigenvalue weighted by molar-refractivity contribution is -0.137. The van der Waals surface area contributed by atoms with Crippen molar-refractivity contribution in [3.05, 3.63) is 78.4 Å². The summed E-state index contributed by atoms with van der Waals surface area (Å²) in [5, 5.41) is 5.53. The number of benzene rings is 2.